The molecule has 0 spiro atoms. The van der Waals surface area contributed by atoms with Crippen LogP contribution < -0.4 is 0 Å². The zero-order valence-corrected chi connectivity index (χ0v) is 14.1. The summed E-state index contributed by atoms with van der Waals surface area (Å²) in [6, 6.07) is 0. The van der Waals surface area contributed by atoms with Gasteiger partial charge in [0.2, 0.25) is 0 Å². The number of hydrogen-bond donors (Lipinski definition) is 0. The minimum absolute atomic E-state index is 0.196. The summed E-state index contributed by atoms with van der Waals surface area (Å²) >= 11 is 0. The summed E-state index contributed by atoms with van der Waals surface area (Å²) in [5, 5.41) is 0. The largest absolute Gasteiger partial charge is 0.375 e. The van der Waals surface area contributed by atoms with E-state index >= 15 is 0 Å². The van der Waals surface area contributed by atoms with Crippen molar-refractivity contribution in [1.82, 2.24) is 0 Å². The molecular weight excluding hydrogens is 259 g/mol. The fourth-order valence-electron chi connectivity index (χ4n) is 2.60. The predicted molar refractivity (Wildman–Crippen MR) is 82.1 cm³/mol. The molecule has 1 rings (SSSR count). The highest BCUT2D eigenvalue weighted by atomic mass is 31.1. The van der Waals surface area contributed by atoms with Gasteiger partial charge < -0.3 is 14.0 Å². The van der Waals surface area contributed by atoms with E-state index in [9.17, 15) is 0 Å². The quantitative estimate of drug-likeness (QED) is 0.600. The molecule has 0 amide bonds. The van der Waals surface area contributed by atoms with Crippen LogP contribution in [0.3, 0.4) is 0 Å². The van der Waals surface area contributed by atoms with Crippen molar-refractivity contribution in [3.63, 3.8) is 0 Å². The van der Waals surface area contributed by atoms with Crippen LogP contribution in [0.15, 0.2) is 0 Å². The molecule has 0 saturated carbocycles. The molecule has 0 aromatic carbocycles. The summed E-state index contributed by atoms with van der Waals surface area (Å²) in [5.41, 5.74) is 0. The molecule has 5 atom stereocenters. The summed E-state index contributed by atoms with van der Waals surface area (Å²) in [6.45, 7) is 12.5. The molecule has 0 aromatic rings. The van der Waals surface area contributed by atoms with Crippen molar-refractivity contribution in [3.8, 4) is 0 Å². The second kappa shape index (κ2) is 9.28. The van der Waals surface area contributed by atoms with Gasteiger partial charge in [-0.2, -0.15) is 0 Å². The van der Waals surface area contributed by atoms with Crippen molar-refractivity contribution in [3.05, 3.63) is 0 Å². The van der Waals surface area contributed by atoms with Crippen LogP contribution in [0.25, 0.3) is 0 Å². The van der Waals surface area contributed by atoms with Gasteiger partial charge >= 0.3 is 0 Å². The van der Waals surface area contributed by atoms with Crippen molar-refractivity contribution in [2.75, 3.05) is 26.0 Å². The SMILES string of the molecule is CCCOC1C(C)OC(CCC)C1COP(C)CC. The van der Waals surface area contributed by atoms with E-state index in [1.54, 1.807) is 0 Å². The molecule has 4 heteroatoms. The number of rotatable bonds is 9. The van der Waals surface area contributed by atoms with E-state index < -0.39 is 0 Å². The molecule has 1 aliphatic rings. The average Bonchev–Trinajstić information content (AvgIpc) is 2.69. The van der Waals surface area contributed by atoms with Crippen LogP contribution in [0.2, 0.25) is 0 Å². The van der Waals surface area contributed by atoms with Crippen molar-refractivity contribution in [1.29, 1.82) is 0 Å². The van der Waals surface area contributed by atoms with Crippen molar-refractivity contribution in [2.45, 2.75) is 65.3 Å². The lowest BCUT2D eigenvalue weighted by atomic mass is 9.94. The Labute approximate surface area is 120 Å². The molecule has 0 radical (unpaired) electrons. The third-order valence-electron chi connectivity index (χ3n) is 3.77. The maximum atomic E-state index is 6.09. The van der Waals surface area contributed by atoms with Crippen LogP contribution in [0.1, 0.15) is 47.0 Å². The first kappa shape index (κ1) is 17.4. The summed E-state index contributed by atoms with van der Waals surface area (Å²) in [5.74, 6) is 0.401. The molecule has 1 fully saturated rings. The summed E-state index contributed by atoms with van der Waals surface area (Å²) in [7, 11) is -0.280. The second-order valence-corrected chi connectivity index (χ2v) is 7.55. The van der Waals surface area contributed by atoms with Crippen LogP contribution in [-0.2, 0) is 14.0 Å². The highest BCUT2D eigenvalue weighted by Crippen LogP contribution is 2.37. The minimum atomic E-state index is -0.280. The highest BCUT2D eigenvalue weighted by Gasteiger charge is 2.42. The first-order valence-corrected chi connectivity index (χ1v) is 9.64. The predicted octanol–water partition coefficient (Wildman–Crippen LogP) is 4.05. The molecule has 1 saturated heterocycles. The van der Waals surface area contributed by atoms with Gasteiger partial charge in [-0.3, -0.25) is 0 Å². The van der Waals surface area contributed by atoms with Crippen LogP contribution in [0, 0.1) is 5.92 Å². The molecule has 0 bridgehead atoms. The molecule has 0 N–H and O–H groups in total. The Hall–Kier alpha value is 0.310. The van der Waals surface area contributed by atoms with Crippen LogP contribution in [0.4, 0.5) is 0 Å². The van der Waals surface area contributed by atoms with E-state index in [0.717, 1.165) is 38.6 Å². The topological polar surface area (TPSA) is 27.7 Å². The van der Waals surface area contributed by atoms with Gasteiger partial charge in [0, 0.05) is 20.7 Å². The first-order valence-electron chi connectivity index (χ1n) is 7.75. The van der Waals surface area contributed by atoms with Crippen molar-refractivity contribution < 1.29 is 14.0 Å². The van der Waals surface area contributed by atoms with E-state index in [0.29, 0.717) is 12.0 Å². The first-order chi connectivity index (χ1) is 9.13. The molecule has 0 aliphatic carbocycles. The normalized spacial score (nSPS) is 32.7. The van der Waals surface area contributed by atoms with Gasteiger partial charge in [-0.1, -0.05) is 27.2 Å². The van der Waals surface area contributed by atoms with Gasteiger partial charge in [0.1, 0.15) is 0 Å². The van der Waals surface area contributed by atoms with Crippen LogP contribution in [0.5, 0.6) is 0 Å². The second-order valence-electron chi connectivity index (χ2n) is 5.41. The number of ether oxygens (including phenoxy) is 2. The van der Waals surface area contributed by atoms with Gasteiger partial charge in [-0.05, 0) is 32.6 Å². The van der Waals surface area contributed by atoms with E-state index in [2.05, 4.69) is 34.4 Å². The molecule has 1 heterocycles. The Morgan fingerprint density at radius 1 is 1.16 bits per heavy atom. The van der Waals surface area contributed by atoms with Gasteiger partial charge in [0.15, 0.2) is 0 Å². The smallest absolute Gasteiger partial charge is 0.0909 e. The van der Waals surface area contributed by atoms with E-state index in [1.807, 2.05) is 0 Å². The molecule has 5 unspecified atom stereocenters. The lowest BCUT2D eigenvalue weighted by Crippen LogP contribution is -2.33. The molecular formula is C15H31O3P. The zero-order chi connectivity index (χ0) is 14.3. The molecule has 3 nitrogen and oxygen atoms in total. The highest BCUT2D eigenvalue weighted by molar-refractivity contribution is 7.51. The Kier molecular flexibility index (Phi) is 8.48. The fraction of sp³-hybridized carbons (Fsp3) is 1.00. The molecule has 1 aliphatic heterocycles. The maximum absolute atomic E-state index is 6.09. The van der Waals surface area contributed by atoms with E-state index in [-0.39, 0.29) is 20.4 Å². The third kappa shape index (κ3) is 5.30. The Morgan fingerprint density at radius 3 is 2.47 bits per heavy atom. The zero-order valence-electron chi connectivity index (χ0n) is 13.2. The van der Waals surface area contributed by atoms with Gasteiger partial charge in [-0.25, -0.2) is 0 Å². The van der Waals surface area contributed by atoms with Crippen LogP contribution in [-0.4, -0.2) is 44.4 Å². The number of hydrogen-bond acceptors (Lipinski definition) is 3. The van der Waals surface area contributed by atoms with Crippen molar-refractivity contribution in [2.24, 2.45) is 5.92 Å². The van der Waals surface area contributed by atoms with E-state index in [1.165, 1.54) is 0 Å². The monoisotopic (exact) mass is 290 g/mol. The van der Waals surface area contributed by atoms with Crippen molar-refractivity contribution >= 4 is 8.15 Å². The summed E-state index contributed by atoms with van der Waals surface area (Å²) in [4.78, 5) is 0. The summed E-state index contributed by atoms with van der Waals surface area (Å²) in [6.07, 6.45) is 5.16. The van der Waals surface area contributed by atoms with Gasteiger partial charge in [-0.15, -0.1) is 0 Å². The third-order valence-corrected chi connectivity index (χ3v) is 5.25. The minimum Gasteiger partial charge on any atom is -0.375 e. The van der Waals surface area contributed by atoms with E-state index in [4.69, 9.17) is 14.0 Å². The average molecular weight is 290 g/mol. The van der Waals surface area contributed by atoms with Gasteiger partial charge in [0.25, 0.3) is 0 Å². The van der Waals surface area contributed by atoms with Crippen LogP contribution >= 0.6 is 8.15 Å². The van der Waals surface area contributed by atoms with Gasteiger partial charge in [0.05, 0.1) is 24.9 Å². The fourth-order valence-corrected chi connectivity index (χ4v) is 3.21. The molecule has 114 valence electrons. The lowest BCUT2D eigenvalue weighted by Gasteiger charge is -2.25. The Bertz CT molecular complexity index is 237. The lowest BCUT2D eigenvalue weighted by molar-refractivity contribution is -0.0185. The molecule has 0 aromatic heterocycles. The summed E-state index contributed by atoms with van der Waals surface area (Å²) < 4.78 is 18.1. The maximum Gasteiger partial charge on any atom is 0.0909 e. The molecule has 19 heavy (non-hydrogen) atoms. The standard InChI is InChI=1S/C15H31O3P/c1-6-9-14-13(11-17-19(5)8-3)15(12(4)18-14)16-10-7-2/h12-15H,6-11H2,1-5H3. The Morgan fingerprint density at radius 2 is 1.89 bits per heavy atom. The Balaban J connectivity index is 2.58.